The molecular formula is C11H10BrF5. The minimum atomic E-state index is -3.74. The van der Waals surface area contributed by atoms with Crippen molar-refractivity contribution in [1.29, 1.82) is 0 Å². The third-order valence-electron chi connectivity index (χ3n) is 2.23. The molecule has 0 radical (unpaired) electrons. The van der Waals surface area contributed by atoms with Crippen molar-refractivity contribution < 1.29 is 22.0 Å². The summed E-state index contributed by atoms with van der Waals surface area (Å²) in [5, 5.41) is 0. The zero-order valence-corrected chi connectivity index (χ0v) is 10.3. The molecule has 0 aliphatic carbocycles. The van der Waals surface area contributed by atoms with Crippen molar-refractivity contribution in [2.75, 3.05) is 6.67 Å². The molecule has 0 saturated carbocycles. The third kappa shape index (κ3) is 3.94. The standard InChI is InChI=1S/C11H10BrF5/c12-11(16,17)10-8(14)5-7(6-9(10)15)3-1-2-4-13/h5-6H,1-4H2. The lowest BCUT2D eigenvalue weighted by Gasteiger charge is -2.12. The molecule has 0 heterocycles. The minimum Gasteiger partial charge on any atom is -0.251 e. The maximum absolute atomic E-state index is 13.3. The fourth-order valence-corrected chi connectivity index (χ4v) is 1.84. The number of hydrogen-bond acceptors (Lipinski definition) is 0. The first-order valence-electron chi connectivity index (χ1n) is 4.97. The maximum Gasteiger partial charge on any atom is 0.332 e. The van der Waals surface area contributed by atoms with Gasteiger partial charge in [-0.25, -0.2) is 8.78 Å². The van der Waals surface area contributed by atoms with Crippen molar-refractivity contribution in [2.24, 2.45) is 0 Å². The molecule has 1 rings (SSSR count). The Balaban J connectivity index is 2.94. The highest BCUT2D eigenvalue weighted by Gasteiger charge is 2.34. The monoisotopic (exact) mass is 316 g/mol. The molecule has 17 heavy (non-hydrogen) atoms. The maximum atomic E-state index is 13.3. The van der Waals surface area contributed by atoms with Crippen molar-refractivity contribution in [3.8, 4) is 0 Å². The van der Waals surface area contributed by atoms with E-state index in [1.807, 2.05) is 15.9 Å². The summed E-state index contributed by atoms with van der Waals surface area (Å²) in [5.74, 6) is -2.61. The number of hydrogen-bond donors (Lipinski definition) is 0. The van der Waals surface area contributed by atoms with Gasteiger partial charge in [-0.1, -0.05) is 0 Å². The number of halogens is 6. The first-order chi connectivity index (χ1) is 7.86. The number of benzene rings is 1. The van der Waals surface area contributed by atoms with Crippen LogP contribution in [0.2, 0.25) is 0 Å². The molecule has 1 aromatic rings. The Kier molecular flexibility index (Phi) is 4.91. The summed E-state index contributed by atoms with van der Waals surface area (Å²) in [6.07, 6.45) is 0.949. The van der Waals surface area contributed by atoms with Gasteiger partial charge in [0.05, 0.1) is 6.67 Å². The van der Waals surface area contributed by atoms with Gasteiger partial charge in [0.2, 0.25) is 0 Å². The molecule has 0 aliphatic heterocycles. The van der Waals surface area contributed by atoms with Crippen molar-refractivity contribution in [2.45, 2.75) is 24.1 Å². The Morgan fingerprint density at radius 3 is 2.00 bits per heavy atom. The van der Waals surface area contributed by atoms with Gasteiger partial charge >= 0.3 is 4.83 Å². The van der Waals surface area contributed by atoms with E-state index in [4.69, 9.17) is 0 Å². The van der Waals surface area contributed by atoms with Crippen LogP contribution in [0.4, 0.5) is 22.0 Å². The summed E-state index contributed by atoms with van der Waals surface area (Å²) in [5.41, 5.74) is -1.05. The summed E-state index contributed by atoms with van der Waals surface area (Å²) < 4.78 is 64.0. The van der Waals surface area contributed by atoms with Crippen LogP contribution in [0.3, 0.4) is 0 Å². The average molecular weight is 317 g/mol. The van der Waals surface area contributed by atoms with Crippen molar-refractivity contribution in [3.63, 3.8) is 0 Å². The molecule has 1 aromatic carbocycles. The normalized spacial score (nSPS) is 11.9. The number of aryl methyl sites for hydroxylation is 1. The molecule has 0 saturated heterocycles. The van der Waals surface area contributed by atoms with Crippen LogP contribution in [0.15, 0.2) is 12.1 Å². The summed E-state index contributed by atoms with van der Waals surface area (Å²) in [4.78, 5) is -3.74. The van der Waals surface area contributed by atoms with E-state index in [1.165, 1.54) is 0 Å². The van der Waals surface area contributed by atoms with E-state index in [1.54, 1.807) is 0 Å². The molecule has 6 heteroatoms. The Morgan fingerprint density at radius 2 is 1.59 bits per heavy atom. The van der Waals surface area contributed by atoms with Crippen LogP contribution in [0.5, 0.6) is 0 Å². The van der Waals surface area contributed by atoms with Gasteiger partial charge in [0, 0.05) is 0 Å². The molecule has 0 fully saturated rings. The lowest BCUT2D eigenvalue weighted by molar-refractivity contribution is 0.105. The molecule has 0 aliphatic rings. The largest absolute Gasteiger partial charge is 0.332 e. The third-order valence-corrected chi connectivity index (χ3v) is 2.63. The molecule has 0 spiro atoms. The molecule has 0 unspecified atom stereocenters. The average Bonchev–Trinajstić information content (AvgIpc) is 2.14. The second kappa shape index (κ2) is 5.80. The van der Waals surface area contributed by atoms with Gasteiger partial charge in [-0.3, -0.25) is 4.39 Å². The van der Waals surface area contributed by atoms with Crippen LogP contribution >= 0.6 is 15.9 Å². The van der Waals surface area contributed by atoms with Crippen molar-refractivity contribution >= 4 is 15.9 Å². The molecule has 0 N–H and O–H groups in total. The smallest absolute Gasteiger partial charge is 0.251 e. The van der Waals surface area contributed by atoms with E-state index in [-0.39, 0.29) is 18.4 Å². The van der Waals surface area contributed by atoms with E-state index in [2.05, 4.69) is 0 Å². The van der Waals surface area contributed by atoms with Gasteiger partial charge in [0.25, 0.3) is 0 Å². The highest BCUT2D eigenvalue weighted by atomic mass is 79.9. The van der Waals surface area contributed by atoms with Crippen LogP contribution < -0.4 is 0 Å². The topological polar surface area (TPSA) is 0 Å². The van der Waals surface area contributed by atoms with Crippen LogP contribution in [0, 0.1) is 11.6 Å². The van der Waals surface area contributed by atoms with Crippen LogP contribution in [-0.2, 0) is 11.3 Å². The number of rotatable bonds is 5. The van der Waals surface area contributed by atoms with Crippen LogP contribution in [-0.4, -0.2) is 6.67 Å². The Morgan fingerprint density at radius 1 is 1.06 bits per heavy atom. The van der Waals surface area contributed by atoms with Gasteiger partial charge in [-0.15, -0.1) is 0 Å². The molecule has 0 atom stereocenters. The summed E-state index contributed by atoms with van der Waals surface area (Å²) >= 11 is 1.91. The highest BCUT2D eigenvalue weighted by Crippen LogP contribution is 2.38. The summed E-state index contributed by atoms with van der Waals surface area (Å²) in [7, 11) is 0. The van der Waals surface area contributed by atoms with Crippen LogP contribution in [0.1, 0.15) is 24.0 Å². The Bertz CT molecular complexity index is 363. The van der Waals surface area contributed by atoms with Crippen LogP contribution in [0.25, 0.3) is 0 Å². The van der Waals surface area contributed by atoms with E-state index < -0.39 is 28.7 Å². The Labute approximate surface area is 104 Å². The van der Waals surface area contributed by atoms with Gasteiger partial charge < -0.3 is 0 Å². The van der Waals surface area contributed by atoms with Crippen molar-refractivity contribution in [3.05, 3.63) is 34.9 Å². The molecule has 0 bridgehead atoms. The second-order valence-electron chi connectivity index (χ2n) is 3.58. The van der Waals surface area contributed by atoms with E-state index in [9.17, 15) is 22.0 Å². The lowest BCUT2D eigenvalue weighted by Crippen LogP contribution is -2.10. The zero-order chi connectivity index (χ0) is 13.1. The van der Waals surface area contributed by atoms with E-state index in [0.29, 0.717) is 6.42 Å². The summed E-state index contributed by atoms with van der Waals surface area (Å²) in [6.45, 7) is -0.511. The molecule has 96 valence electrons. The SMILES string of the molecule is FCCCCc1cc(F)c(C(F)(F)Br)c(F)c1. The first-order valence-corrected chi connectivity index (χ1v) is 5.76. The van der Waals surface area contributed by atoms with Gasteiger partial charge in [-0.2, -0.15) is 8.78 Å². The Hall–Kier alpha value is -0.650. The molecule has 0 amide bonds. The highest BCUT2D eigenvalue weighted by molar-refractivity contribution is 9.09. The van der Waals surface area contributed by atoms with Gasteiger partial charge in [0.15, 0.2) is 0 Å². The predicted molar refractivity (Wildman–Crippen MR) is 58.1 cm³/mol. The van der Waals surface area contributed by atoms with E-state index >= 15 is 0 Å². The van der Waals surface area contributed by atoms with Gasteiger partial charge in [-0.05, 0) is 52.9 Å². The van der Waals surface area contributed by atoms with Gasteiger partial charge in [0.1, 0.15) is 17.2 Å². The lowest BCUT2D eigenvalue weighted by atomic mass is 10.1. The fourth-order valence-electron chi connectivity index (χ4n) is 1.46. The quantitative estimate of drug-likeness (QED) is 0.419. The first kappa shape index (κ1) is 14.4. The second-order valence-corrected chi connectivity index (χ2v) is 4.57. The van der Waals surface area contributed by atoms with Crippen molar-refractivity contribution in [1.82, 2.24) is 0 Å². The zero-order valence-electron chi connectivity index (χ0n) is 8.75. The number of alkyl halides is 4. The molecular weight excluding hydrogens is 307 g/mol. The molecule has 0 nitrogen and oxygen atoms in total. The van der Waals surface area contributed by atoms with E-state index in [0.717, 1.165) is 12.1 Å². The minimum absolute atomic E-state index is 0.244. The fraction of sp³-hybridized carbons (Fsp3) is 0.455. The summed E-state index contributed by atoms with van der Waals surface area (Å²) in [6, 6.07) is 1.71. The molecule has 0 aromatic heterocycles. The predicted octanol–water partition coefficient (Wildman–Crippen LogP) is 4.70. The number of unbranched alkanes of at least 4 members (excludes halogenated alkanes) is 1.